The van der Waals surface area contributed by atoms with Crippen LogP contribution in [0.3, 0.4) is 0 Å². The minimum Gasteiger partial charge on any atom is -0.394 e. The summed E-state index contributed by atoms with van der Waals surface area (Å²) in [6, 6.07) is 0. The lowest BCUT2D eigenvalue weighted by molar-refractivity contribution is -0.344. The Balaban J connectivity index is 1.62. The first-order chi connectivity index (χ1) is 37.9. The third-order valence-corrected chi connectivity index (χ3v) is 17.1. The van der Waals surface area contributed by atoms with E-state index in [9.17, 15) is 132 Å². The number of rotatable bonds is 28. The fourth-order valence-corrected chi connectivity index (χ4v) is 12.5. The van der Waals surface area contributed by atoms with Crippen molar-refractivity contribution in [2.24, 2.45) is 0 Å². The molecule has 26 atom stereocenters. The average molecular weight is 1520 g/mol. The van der Waals surface area contributed by atoms with Gasteiger partial charge >= 0.3 is 0 Å². The molecule has 35 nitrogen and oxygen atoms in total. The van der Waals surface area contributed by atoms with Crippen LogP contribution in [0.2, 0.25) is 0 Å². The van der Waals surface area contributed by atoms with Crippen LogP contribution >= 0.6 is 67.8 Å². The number of benzene rings is 1. The molecule has 26 N–H and O–H groups in total. The smallest absolute Gasteiger partial charge is 0.252 e. The van der Waals surface area contributed by atoms with Gasteiger partial charge in [-0.05, 0) is 84.5 Å². The van der Waals surface area contributed by atoms with Crippen molar-refractivity contribution in [1.82, 2.24) is 16.0 Å². The van der Waals surface area contributed by atoms with Crippen LogP contribution in [0.4, 0.5) is 0 Å². The molecule has 468 valence electrons. The van der Waals surface area contributed by atoms with Crippen molar-refractivity contribution < 1.29 is 160 Å². The highest BCUT2D eigenvalue weighted by Crippen LogP contribution is 2.34. The van der Waals surface area contributed by atoms with Crippen molar-refractivity contribution in [1.29, 1.82) is 0 Å². The SMILES string of the molecule is O=C(NCc1c(I)c(CNC(=O)[C@H](O)[C@@H](O)[C@H](O[C@@H]2O[C@H](CO)[C@H](O)[C@H](O)[C@H]2O)[C@H](O)CO)c(I)c(CNC(=O)[C@H](O)[C@@H](O)[C@@H](O)O[C@@H]2O[C@H](CO)[C@H](O)[C@H](O)[C@H]2O)c1I)[C@H](O)[C@@H](O)[C@H](O[C@@H]1O[C@H](CO)[C@H](O)[C@H](O)[C@H]1O)[C@H](O)CO. The van der Waals surface area contributed by atoms with Gasteiger partial charge in [0, 0.05) is 30.3 Å². The van der Waals surface area contributed by atoms with E-state index in [1.807, 2.05) is 0 Å². The number of nitrogens with one attached hydrogen (secondary N) is 3. The van der Waals surface area contributed by atoms with Gasteiger partial charge in [0.15, 0.2) is 43.5 Å². The minimum atomic E-state index is -2.57. The summed E-state index contributed by atoms with van der Waals surface area (Å²) in [5, 5.41) is 244. The molecule has 0 radical (unpaired) electrons. The van der Waals surface area contributed by atoms with Crippen LogP contribution in [-0.4, -0.2) is 328 Å². The van der Waals surface area contributed by atoms with Crippen molar-refractivity contribution in [3.05, 3.63) is 27.4 Å². The third-order valence-electron chi connectivity index (χ3n) is 13.2. The summed E-state index contributed by atoms with van der Waals surface area (Å²) in [6.07, 6.45) is -55.1. The molecule has 0 saturated carbocycles. The van der Waals surface area contributed by atoms with Crippen molar-refractivity contribution in [2.75, 3.05) is 33.0 Å². The molecule has 0 unspecified atom stereocenters. The standard InChI is InChI=1S/C43H68I3N3O32/c44-17-9(1-47-37(72)28(65)26(63)35(12(55)4-50)79-41-32(69)23(60)20(57)14(6-52)76-41)18(45)11(3-49-39(74)30(67)31(68)40(75)81-43-34(71)25(62)22(59)16(8-54)78-43)19(46)10(17)2-48-38(73)29(66)27(64)36(13(56)5-51)80-42-33(70)24(61)21(58)15(7-53)77-42/h12-16,20-36,40-43,50-71,75H,1-8H2,(H,47,72)(H,48,73)(H,49,74)/t12-,13-,14-,15-,16-,20+,21+,22+,23+,24+,25+,26-,27-,28-,29-,30-,31-,32-,33-,34-,35-,36-,40+,41+,42+,43+/m1/s1. The second-order valence-corrected chi connectivity index (χ2v) is 21.9. The molecule has 0 aliphatic carbocycles. The molecule has 0 spiro atoms. The second kappa shape index (κ2) is 32.6. The van der Waals surface area contributed by atoms with Gasteiger partial charge in [0.1, 0.15) is 116 Å². The quantitative estimate of drug-likeness (QED) is 0.0274. The Bertz CT molecular complexity index is 2070. The van der Waals surface area contributed by atoms with Gasteiger partial charge in [-0.3, -0.25) is 14.4 Å². The van der Waals surface area contributed by atoms with Gasteiger partial charge in [0.2, 0.25) is 0 Å². The first kappa shape index (κ1) is 72.1. The number of carbonyl (C=O) groups excluding carboxylic acids is 3. The van der Waals surface area contributed by atoms with Crippen molar-refractivity contribution in [3.8, 4) is 0 Å². The van der Waals surface area contributed by atoms with Gasteiger partial charge < -0.3 is 162 Å². The van der Waals surface area contributed by atoms with Gasteiger partial charge in [-0.2, -0.15) is 0 Å². The zero-order chi connectivity index (χ0) is 61.2. The number of halogens is 3. The number of aliphatic hydroxyl groups excluding tert-OH is 23. The van der Waals surface area contributed by atoms with Crippen molar-refractivity contribution >= 4 is 85.5 Å². The van der Waals surface area contributed by atoms with E-state index in [2.05, 4.69) is 16.0 Å². The second-order valence-electron chi connectivity index (χ2n) is 18.7. The Kier molecular flexibility index (Phi) is 29.0. The predicted molar refractivity (Wildman–Crippen MR) is 280 cm³/mol. The minimum absolute atomic E-state index is 0.0771. The molecular formula is C43H68I3N3O32. The first-order valence-electron chi connectivity index (χ1n) is 24.2. The first-order valence-corrected chi connectivity index (χ1v) is 27.4. The lowest BCUT2D eigenvalue weighted by Crippen LogP contribution is -2.62. The molecule has 38 heteroatoms. The maximum absolute atomic E-state index is 13.6. The van der Waals surface area contributed by atoms with E-state index in [-0.39, 0.29) is 27.4 Å². The Morgan fingerprint density at radius 2 is 0.667 bits per heavy atom. The number of hydrogen-bond acceptors (Lipinski definition) is 32. The molecule has 0 bridgehead atoms. The summed E-state index contributed by atoms with van der Waals surface area (Å²) in [7, 11) is 0. The fraction of sp³-hybridized carbons (Fsp3) is 0.791. The van der Waals surface area contributed by atoms with E-state index >= 15 is 0 Å². The zero-order valence-electron chi connectivity index (χ0n) is 41.8. The van der Waals surface area contributed by atoms with Crippen LogP contribution in [-0.2, 0) is 62.4 Å². The van der Waals surface area contributed by atoms with Crippen LogP contribution in [0.25, 0.3) is 0 Å². The Morgan fingerprint density at radius 1 is 0.407 bits per heavy atom. The summed E-state index contributed by atoms with van der Waals surface area (Å²) in [4.78, 5) is 40.5. The molecule has 1 aromatic carbocycles. The summed E-state index contributed by atoms with van der Waals surface area (Å²) >= 11 is 5.20. The summed E-state index contributed by atoms with van der Waals surface area (Å²) in [5.74, 6) is -4.26. The Labute approximate surface area is 498 Å². The van der Waals surface area contributed by atoms with Crippen LogP contribution in [0, 0.1) is 10.7 Å². The van der Waals surface area contributed by atoms with Gasteiger partial charge in [-0.25, -0.2) is 0 Å². The van der Waals surface area contributed by atoms with Crippen LogP contribution < -0.4 is 16.0 Å². The van der Waals surface area contributed by atoms with E-state index in [1.54, 1.807) is 67.8 Å². The predicted octanol–water partition coefficient (Wildman–Crippen LogP) is -14.3. The fourth-order valence-electron chi connectivity index (χ4n) is 8.19. The van der Waals surface area contributed by atoms with E-state index in [4.69, 9.17) is 28.4 Å². The molecule has 0 aromatic heterocycles. The Hall–Kier alpha value is -1.34. The molecule has 4 rings (SSSR count). The van der Waals surface area contributed by atoms with Crippen LogP contribution in [0.15, 0.2) is 0 Å². The molecule has 3 saturated heterocycles. The maximum atomic E-state index is 13.6. The van der Waals surface area contributed by atoms with E-state index in [1.165, 1.54) is 0 Å². The lowest BCUT2D eigenvalue weighted by Gasteiger charge is -2.42. The summed E-state index contributed by atoms with van der Waals surface area (Å²) < 4.78 is 31.7. The lowest BCUT2D eigenvalue weighted by atomic mass is 9.98. The maximum Gasteiger partial charge on any atom is 0.252 e. The van der Waals surface area contributed by atoms with Gasteiger partial charge in [0.25, 0.3) is 17.7 Å². The molecule has 3 heterocycles. The van der Waals surface area contributed by atoms with Crippen LogP contribution in [0.1, 0.15) is 16.7 Å². The number of aliphatic hydroxyl groups is 23. The number of ether oxygens (including phenoxy) is 6. The highest BCUT2D eigenvalue weighted by Gasteiger charge is 2.50. The summed E-state index contributed by atoms with van der Waals surface area (Å²) in [6.45, 7) is -7.08. The zero-order valence-corrected chi connectivity index (χ0v) is 48.2. The molecule has 81 heavy (non-hydrogen) atoms. The van der Waals surface area contributed by atoms with Gasteiger partial charge in [0.05, 0.1) is 33.0 Å². The largest absolute Gasteiger partial charge is 0.394 e. The van der Waals surface area contributed by atoms with E-state index in [0.29, 0.717) is 0 Å². The third kappa shape index (κ3) is 17.3. The summed E-state index contributed by atoms with van der Waals surface area (Å²) in [5.41, 5.74) is 0.235. The van der Waals surface area contributed by atoms with Crippen LogP contribution in [0.5, 0.6) is 0 Å². The van der Waals surface area contributed by atoms with Crippen molar-refractivity contribution in [2.45, 2.75) is 179 Å². The molecular weight excluding hydrogens is 1450 g/mol. The monoisotopic (exact) mass is 1520 g/mol. The van der Waals surface area contributed by atoms with E-state index < -0.39 is 230 Å². The number of hydrogen-bond donors (Lipinski definition) is 26. The average Bonchev–Trinajstić information content (AvgIpc) is 3.46. The van der Waals surface area contributed by atoms with E-state index in [0.717, 1.165) is 0 Å². The molecule has 3 aliphatic rings. The number of amides is 3. The molecule has 3 aliphatic heterocycles. The number of carbonyl (C=O) groups is 3. The topological polar surface area (TPSA) is 608 Å². The Morgan fingerprint density at radius 3 is 0.926 bits per heavy atom. The van der Waals surface area contributed by atoms with Crippen molar-refractivity contribution in [3.63, 3.8) is 0 Å². The normalized spacial score (nSPS) is 33.2. The highest BCUT2D eigenvalue weighted by atomic mass is 127. The molecule has 1 aromatic rings. The van der Waals surface area contributed by atoms with Gasteiger partial charge in [-0.1, -0.05) is 0 Å². The van der Waals surface area contributed by atoms with Gasteiger partial charge in [-0.15, -0.1) is 0 Å². The molecule has 3 amide bonds. The highest BCUT2D eigenvalue weighted by molar-refractivity contribution is 14.1. The molecule has 3 fully saturated rings.